The zero-order valence-electron chi connectivity index (χ0n) is 14.7. The molecule has 7 heteroatoms. The van der Waals surface area contributed by atoms with Crippen LogP contribution in [0, 0.1) is 5.92 Å². The Balaban J connectivity index is 1.46. The van der Waals surface area contributed by atoms with Gasteiger partial charge in [0, 0.05) is 13.1 Å². The number of likely N-dealkylation sites (tertiary alicyclic amines) is 2. The molecule has 2 aromatic heterocycles. The normalized spacial score (nSPS) is 22.8. The first-order valence-corrected chi connectivity index (χ1v) is 9.24. The smallest absolute Gasteiger partial charge is 0.236 e. The van der Waals surface area contributed by atoms with Gasteiger partial charge in [-0.2, -0.15) is 5.10 Å². The Labute approximate surface area is 147 Å². The highest BCUT2D eigenvalue weighted by atomic mass is 16.2. The summed E-state index contributed by atoms with van der Waals surface area (Å²) in [6.45, 7) is 5.50. The fourth-order valence-electron chi connectivity index (χ4n) is 4.00. The molecule has 1 atom stereocenters. The van der Waals surface area contributed by atoms with Crippen LogP contribution in [-0.4, -0.2) is 57.1 Å². The van der Waals surface area contributed by atoms with E-state index >= 15 is 0 Å². The van der Waals surface area contributed by atoms with Crippen molar-refractivity contribution in [3.05, 3.63) is 17.8 Å². The molecule has 0 saturated carbocycles. The molecule has 1 unspecified atom stereocenters. The van der Waals surface area contributed by atoms with Crippen LogP contribution in [-0.2, 0) is 4.79 Å². The topological polar surface area (TPSA) is 91.1 Å². The predicted octanol–water partition coefficient (Wildman–Crippen LogP) is 1.94. The number of rotatable bonds is 3. The van der Waals surface area contributed by atoms with Crippen molar-refractivity contribution in [2.24, 2.45) is 5.92 Å². The maximum absolute atomic E-state index is 12.7. The summed E-state index contributed by atoms with van der Waals surface area (Å²) in [6, 6.07) is 4.18. The highest BCUT2D eigenvalue weighted by molar-refractivity contribution is 5.85. The molecule has 0 radical (unpaired) electrons. The third-order valence-corrected chi connectivity index (χ3v) is 5.65. The zero-order valence-corrected chi connectivity index (χ0v) is 14.7. The molecule has 2 aliphatic rings. The van der Waals surface area contributed by atoms with E-state index in [0.29, 0.717) is 18.0 Å². The second-order valence-electron chi connectivity index (χ2n) is 7.44. The van der Waals surface area contributed by atoms with Crippen LogP contribution < -0.4 is 5.73 Å². The van der Waals surface area contributed by atoms with E-state index in [0.717, 1.165) is 62.3 Å². The van der Waals surface area contributed by atoms with Crippen molar-refractivity contribution < 1.29 is 4.79 Å². The molecule has 0 bridgehead atoms. The van der Waals surface area contributed by atoms with Gasteiger partial charge in [0.25, 0.3) is 0 Å². The number of nitrogen functional groups attached to an aromatic ring is 1. The molecule has 0 aromatic carbocycles. The van der Waals surface area contributed by atoms with Gasteiger partial charge in [0.2, 0.25) is 5.91 Å². The van der Waals surface area contributed by atoms with Crippen molar-refractivity contribution in [3.8, 4) is 0 Å². The van der Waals surface area contributed by atoms with E-state index in [1.165, 1.54) is 0 Å². The van der Waals surface area contributed by atoms with E-state index in [-0.39, 0.29) is 11.9 Å². The highest BCUT2D eigenvalue weighted by Gasteiger charge is 2.31. The number of fused-ring (bicyclic) bond motifs is 1. The number of carbonyl (C=O) groups excluding carboxylic acids is 1. The number of anilines is 1. The lowest BCUT2D eigenvalue weighted by molar-refractivity contribution is -0.134. The van der Waals surface area contributed by atoms with Crippen molar-refractivity contribution in [2.45, 2.75) is 38.6 Å². The Morgan fingerprint density at radius 2 is 2.08 bits per heavy atom. The summed E-state index contributed by atoms with van der Waals surface area (Å²) in [5.41, 5.74) is 7.48. The van der Waals surface area contributed by atoms with Crippen molar-refractivity contribution >= 4 is 22.8 Å². The van der Waals surface area contributed by atoms with Crippen molar-refractivity contribution in [1.82, 2.24) is 25.0 Å². The molecule has 2 aromatic rings. The minimum absolute atomic E-state index is 0.190. The number of piperidine rings is 1. The molecule has 7 nitrogen and oxygen atoms in total. The van der Waals surface area contributed by atoms with Gasteiger partial charge in [-0.1, -0.05) is 6.92 Å². The second-order valence-corrected chi connectivity index (χ2v) is 7.44. The van der Waals surface area contributed by atoms with Crippen LogP contribution in [0.1, 0.15) is 44.3 Å². The molecular formula is C18H26N6O. The molecule has 0 spiro atoms. The average Bonchev–Trinajstić information content (AvgIpc) is 3.22. The lowest BCUT2D eigenvalue weighted by Crippen LogP contribution is -2.43. The van der Waals surface area contributed by atoms with E-state index < -0.39 is 0 Å². The number of aromatic amines is 1. The number of H-pyrrole nitrogens is 1. The Morgan fingerprint density at radius 3 is 2.88 bits per heavy atom. The molecule has 134 valence electrons. The molecule has 0 aliphatic carbocycles. The summed E-state index contributed by atoms with van der Waals surface area (Å²) >= 11 is 0. The Morgan fingerprint density at radius 1 is 1.28 bits per heavy atom. The molecule has 1 amide bonds. The summed E-state index contributed by atoms with van der Waals surface area (Å²) in [7, 11) is 0. The number of hydrogen-bond donors (Lipinski definition) is 2. The van der Waals surface area contributed by atoms with Gasteiger partial charge in [-0.05, 0) is 50.3 Å². The molecule has 4 heterocycles. The van der Waals surface area contributed by atoms with Crippen LogP contribution in [0.2, 0.25) is 0 Å². The SMILES string of the molecule is CC1CCN(C(=O)CN2CCCC2c2ccc3c(N)[nH]nc3n2)CC1. The van der Waals surface area contributed by atoms with E-state index in [2.05, 4.69) is 27.0 Å². The predicted molar refractivity (Wildman–Crippen MR) is 96.8 cm³/mol. The van der Waals surface area contributed by atoms with Gasteiger partial charge in [-0.3, -0.25) is 14.8 Å². The molecule has 25 heavy (non-hydrogen) atoms. The van der Waals surface area contributed by atoms with Crippen LogP contribution in [0.3, 0.4) is 0 Å². The lowest BCUT2D eigenvalue weighted by Gasteiger charge is -2.32. The minimum Gasteiger partial charge on any atom is -0.384 e. The number of nitrogens with one attached hydrogen (secondary N) is 1. The Bertz CT molecular complexity index is 764. The largest absolute Gasteiger partial charge is 0.384 e. The van der Waals surface area contributed by atoms with Crippen LogP contribution in [0.5, 0.6) is 0 Å². The van der Waals surface area contributed by atoms with E-state index in [4.69, 9.17) is 5.73 Å². The third kappa shape index (κ3) is 3.20. The molecule has 4 rings (SSSR count). The molecule has 2 fully saturated rings. The number of aromatic nitrogens is 3. The van der Waals surface area contributed by atoms with Gasteiger partial charge < -0.3 is 10.6 Å². The van der Waals surface area contributed by atoms with Gasteiger partial charge in [0.15, 0.2) is 5.65 Å². The first kappa shape index (κ1) is 16.3. The van der Waals surface area contributed by atoms with Gasteiger partial charge in [0.1, 0.15) is 5.82 Å². The van der Waals surface area contributed by atoms with E-state index in [9.17, 15) is 4.79 Å². The number of pyridine rings is 1. The van der Waals surface area contributed by atoms with Crippen molar-refractivity contribution in [3.63, 3.8) is 0 Å². The molecular weight excluding hydrogens is 316 g/mol. The summed E-state index contributed by atoms with van der Waals surface area (Å²) in [5.74, 6) is 1.54. The number of nitrogens with zero attached hydrogens (tertiary/aromatic N) is 4. The third-order valence-electron chi connectivity index (χ3n) is 5.65. The van der Waals surface area contributed by atoms with Gasteiger partial charge in [-0.25, -0.2) is 4.98 Å². The maximum Gasteiger partial charge on any atom is 0.236 e. The maximum atomic E-state index is 12.7. The summed E-state index contributed by atoms with van der Waals surface area (Å²) in [6.07, 6.45) is 4.36. The standard InChI is InChI=1S/C18H26N6O/c1-12-6-9-23(10-7-12)16(25)11-24-8-2-3-15(24)14-5-4-13-17(19)21-22-18(13)20-14/h4-5,12,15H,2-3,6-11H2,1H3,(H3,19,20,21,22). The number of carbonyl (C=O) groups is 1. The number of hydrogen-bond acceptors (Lipinski definition) is 5. The first-order valence-electron chi connectivity index (χ1n) is 9.24. The van der Waals surface area contributed by atoms with Crippen molar-refractivity contribution in [2.75, 3.05) is 31.9 Å². The minimum atomic E-state index is 0.190. The summed E-state index contributed by atoms with van der Waals surface area (Å²) < 4.78 is 0. The number of nitrogens with two attached hydrogens (primary N) is 1. The van der Waals surface area contributed by atoms with Crippen LogP contribution in [0.15, 0.2) is 12.1 Å². The van der Waals surface area contributed by atoms with E-state index in [1.54, 1.807) is 0 Å². The second kappa shape index (κ2) is 6.63. The highest BCUT2D eigenvalue weighted by Crippen LogP contribution is 2.32. The fraction of sp³-hybridized carbons (Fsp3) is 0.611. The van der Waals surface area contributed by atoms with Crippen LogP contribution in [0.4, 0.5) is 5.82 Å². The average molecular weight is 342 g/mol. The zero-order chi connectivity index (χ0) is 17.4. The lowest BCUT2D eigenvalue weighted by atomic mass is 9.99. The monoisotopic (exact) mass is 342 g/mol. The van der Waals surface area contributed by atoms with Crippen LogP contribution in [0.25, 0.3) is 11.0 Å². The first-order chi connectivity index (χ1) is 12.1. The van der Waals surface area contributed by atoms with Crippen LogP contribution >= 0.6 is 0 Å². The molecule has 2 aliphatic heterocycles. The number of amides is 1. The van der Waals surface area contributed by atoms with Gasteiger partial charge >= 0.3 is 0 Å². The van der Waals surface area contributed by atoms with Gasteiger partial charge in [0.05, 0.1) is 23.7 Å². The Hall–Kier alpha value is -2.15. The summed E-state index contributed by atoms with van der Waals surface area (Å²) in [5, 5.41) is 7.79. The molecule has 3 N–H and O–H groups in total. The molecule has 2 saturated heterocycles. The van der Waals surface area contributed by atoms with Gasteiger partial charge in [-0.15, -0.1) is 0 Å². The van der Waals surface area contributed by atoms with Crippen molar-refractivity contribution in [1.29, 1.82) is 0 Å². The van der Waals surface area contributed by atoms with E-state index in [1.807, 2.05) is 17.0 Å². The summed E-state index contributed by atoms with van der Waals surface area (Å²) in [4.78, 5) is 21.6. The fourth-order valence-corrected chi connectivity index (χ4v) is 4.00. The Kier molecular flexibility index (Phi) is 4.33. The quantitative estimate of drug-likeness (QED) is 0.889.